The summed E-state index contributed by atoms with van der Waals surface area (Å²) < 4.78 is 7.37. The summed E-state index contributed by atoms with van der Waals surface area (Å²) in [6.45, 7) is 0.213. The molecule has 1 amide bonds. The van der Waals surface area contributed by atoms with Crippen molar-refractivity contribution in [3.05, 3.63) is 37.1 Å². The molecule has 0 spiro atoms. The van der Waals surface area contributed by atoms with Gasteiger partial charge in [-0.1, -0.05) is 6.07 Å². The van der Waals surface area contributed by atoms with E-state index in [0.717, 1.165) is 25.7 Å². The molecule has 2 aromatic rings. The van der Waals surface area contributed by atoms with E-state index in [4.69, 9.17) is 4.74 Å². The standard InChI is InChI=1S/C15H19N5O2/c21-14(9-20-11-16-10-18-20)19-12-4-6-13(7-5-12)22-15-3-1-2-8-17-15/h1-3,8,10-13H,4-7,9H2,(H,19,21). The topological polar surface area (TPSA) is 81.9 Å². The number of rotatable bonds is 5. The molecule has 1 N–H and O–H groups in total. The highest BCUT2D eigenvalue weighted by atomic mass is 16.5. The van der Waals surface area contributed by atoms with E-state index in [-0.39, 0.29) is 24.6 Å². The molecule has 1 aliphatic rings. The van der Waals surface area contributed by atoms with E-state index in [2.05, 4.69) is 20.4 Å². The predicted molar refractivity (Wildman–Crippen MR) is 79.1 cm³/mol. The predicted octanol–water partition coefficient (Wildman–Crippen LogP) is 1.18. The van der Waals surface area contributed by atoms with Gasteiger partial charge >= 0.3 is 0 Å². The number of carbonyl (C=O) groups excluding carboxylic acids is 1. The Hall–Kier alpha value is -2.44. The highest BCUT2D eigenvalue weighted by molar-refractivity contribution is 5.75. The van der Waals surface area contributed by atoms with Crippen LogP contribution in [-0.2, 0) is 11.3 Å². The van der Waals surface area contributed by atoms with Gasteiger partial charge in [0.1, 0.15) is 25.3 Å². The summed E-state index contributed by atoms with van der Waals surface area (Å²) in [4.78, 5) is 19.9. The van der Waals surface area contributed by atoms with Crippen molar-refractivity contribution in [2.45, 2.75) is 44.4 Å². The number of aromatic nitrogens is 4. The summed E-state index contributed by atoms with van der Waals surface area (Å²) >= 11 is 0. The van der Waals surface area contributed by atoms with Crippen molar-refractivity contribution in [1.82, 2.24) is 25.1 Å². The molecule has 0 aliphatic heterocycles. The lowest BCUT2D eigenvalue weighted by atomic mass is 9.93. The van der Waals surface area contributed by atoms with Crippen LogP contribution in [0.15, 0.2) is 37.1 Å². The second kappa shape index (κ2) is 7.02. The van der Waals surface area contributed by atoms with Crippen LogP contribution in [-0.4, -0.2) is 37.8 Å². The number of ether oxygens (including phenoxy) is 1. The lowest BCUT2D eigenvalue weighted by molar-refractivity contribution is -0.122. The number of hydrogen-bond acceptors (Lipinski definition) is 5. The fourth-order valence-corrected chi connectivity index (χ4v) is 2.65. The van der Waals surface area contributed by atoms with Crippen LogP contribution in [0.2, 0.25) is 0 Å². The molecule has 0 aromatic carbocycles. The first-order chi connectivity index (χ1) is 10.8. The van der Waals surface area contributed by atoms with Crippen LogP contribution in [0, 0.1) is 0 Å². The first-order valence-electron chi connectivity index (χ1n) is 7.49. The van der Waals surface area contributed by atoms with Crippen molar-refractivity contribution in [3.8, 4) is 5.88 Å². The van der Waals surface area contributed by atoms with Gasteiger partial charge in [0.05, 0.1) is 0 Å². The van der Waals surface area contributed by atoms with Crippen LogP contribution >= 0.6 is 0 Å². The van der Waals surface area contributed by atoms with Crippen molar-refractivity contribution < 1.29 is 9.53 Å². The summed E-state index contributed by atoms with van der Waals surface area (Å²) in [6, 6.07) is 5.86. The molecule has 0 bridgehead atoms. The Morgan fingerprint density at radius 1 is 1.32 bits per heavy atom. The molecule has 0 atom stereocenters. The quantitative estimate of drug-likeness (QED) is 0.896. The van der Waals surface area contributed by atoms with Gasteiger partial charge in [-0.15, -0.1) is 0 Å². The molecule has 0 radical (unpaired) electrons. The Kier molecular flexibility index (Phi) is 4.62. The van der Waals surface area contributed by atoms with E-state index < -0.39 is 0 Å². The Balaban J connectivity index is 1.41. The molecule has 3 rings (SSSR count). The molecule has 7 nitrogen and oxygen atoms in total. The normalized spacial score (nSPS) is 21.3. The molecular weight excluding hydrogens is 282 g/mol. The molecular formula is C15H19N5O2. The smallest absolute Gasteiger partial charge is 0.242 e. The molecule has 0 saturated heterocycles. The van der Waals surface area contributed by atoms with E-state index in [1.807, 2.05) is 18.2 Å². The van der Waals surface area contributed by atoms with Gasteiger partial charge in [-0.3, -0.25) is 4.79 Å². The Morgan fingerprint density at radius 3 is 2.86 bits per heavy atom. The van der Waals surface area contributed by atoms with Gasteiger partial charge in [0.15, 0.2) is 0 Å². The number of amides is 1. The number of pyridine rings is 1. The Morgan fingerprint density at radius 2 is 2.18 bits per heavy atom. The molecule has 22 heavy (non-hydrogen) atoms. The van der Waals surface area contributed by atoms with E-state index in [0.29, 0.717) is 5.88 Å². The van der Waals surface area contributed by atoms with Crippen LogP contribution in [0.5, 0.6) is 5.88 Å². The maximum Gasteiger partial charge on any atom is 0.242 e. The zero-order valence-electron chi connectivity index (χ0n) is 12.3. The van der Waals surface area contributed by atoms with Crippen LogP contribution in [0.3, 0.4) is 0 Å². The molecule has 2 aromatic heterocycles. The lowest BCUT2D eigenvalue weighted by Gasteiger charge is -2.29. The molecule has 7 heteroatoms. The third kappa shape index (κ3) is 4.03. The highest BCUT2D eigenvalue weighted by Gasteiger charge is 2.23. The number of nitrogens with one attached hydrogen (secondary N) is 1. The van der Waals surface area contributed by atoms with Crippen LogP contribution < -0.4 is 10.1 Å². The van der Waals surface area contributed by atoms with Gasteiger partial charge in [-0.2, -0.15) is 5.10 Å². The monoisotopic (exact) mass is 301 g/mol. The van der Waals surface area contributed by atoms with E-state index >= 15 is 0 Å². The van der Waals surface area contributed by atoms with Crippen molar-refractivity contribution in [3.63, 3.8) is 0 Å². The first-order valence-corrected chi connectivity index (χ1v) is 7.49. The maximum absolute atomic E-state index is 11.9. The average Bonchev–Trinajstić information content (AvgIpc) is 3.03. The average molecular weight is 301 g/mol. The molecule has 116 valence electrons. The minimum Gasteiger partial charge on any atom is -0.474 e. The van der Waals surface area contributed by atoms with E-state index in [1.54, 1.807) is 6.20 Å². The van der Waals surface area contributed by atoms with Gasteiger partial charge in [-0.25, -0.2) is 14.6 Å². The Bertz CT molecular complexity index is 579. The molecule has 1 aliphatic carbocycles. The molecule has 1 fully saturated rings. The van der Waals surface area contributed by atoms with Crippen molar-refractivity contribution in [1.29, 1.82) is 0 Å². The van der Waals surface area contributed by atoms with Gasteiger partial charge in [0, 0.05) is 18.3 Å². The van der Waals surface area contributed by atoms with Gasteiger partial charge in [-0.05, 0) is 31.7 Å². The fraction of sp³-hybridized carbons (Fsp3) is 0.467. The first kappa shape index (κ1) is 14.5. The summed E-state index contributed by atoms with van der Waals surface area (Å²) in [5.74, 6) is 0.640. The zero-order valence-corrected chi connectivity index (χ0v) is 12.3. The number of nitrogens with zero attached hydrogens (tertiary/aromatic N) is 4. The van der Waals surface area contributed by atoms with E-state index in [9.17, 15) is 4.79 Å². The largest absolute Gasteiger partial charge is 0.474 e. The third-order valence-electron chi connectivity index (χ3n) is 3.74. The SMILES string of the molecule is O=C(Cn1cncn1)NC1CCC(Oc2ccccn2)CC1. The van der Waals surface area contributed by atoms with E-state index in [1.165, 1.54) is 17.3 Å². The molecule has 1 saturated carbocycles. The number of hydrogen-bond donors (Lipinski definition) is 1. The molecule has 0 unspecified atom stereocenters. The summed E-state index contributed by atoms with van der Waals surface area (Å²) in [7, 11) is 0. The van der Waals surface area contributed by atoms with Crippen LogP contribution in [0.25, 0.3) is 0 Å². The van der Waals surface area contributed by atoms with Crippen molar-refractivity contribution in [2.75, 3.05) is 0 Å². The van der Waals surface area contributed by atoms with Gasteiger partial charge in [0.2, 0.25) is 11.8 Å². The second-order valence-corrected chi connectivity index (χ2v) is 5.42. The summed E-state index contributed by atoms with van der Waals surface area (Å²) in [6.07, 6.45) is 8.55. The van der Waals surface area contributed by atoms with Crippen LogP contribution in [0.1, 0.15) is 25.7 Å². The van der Waals surface area contributed by atoms with Gasteiger partial charge in [0.25, 0.3) is 0 Å². The van der Waals surface area contributed by atoms with Crippen LogP contribution in [0.4, 0.5) is 0 Å². The summed E-state index contributed by atoms with van der Waals surface area (Å²) in [5, 5.41) is 6.97. The zero-order chi connectivity index (χ0) is 15.2. The number of carbonyl (C=O) groups is 1. The minimum absolute atomic E-state index is 0.0282. The molecule has 2 heterocycles. The summed E-state index contributed by atoms with van der Waals surface area (Å²) in [5.41, 5.74) is 0. The highest BCUT2D eigenvalue weighted by Crippen LogP contribution is 2.22. The van der Waals surface area contributed by atoms with Gasteiger partial charge < -0.3 is 10.1 Å². The fourth-order valence-electron chi connectivity index (χ4n) is 2.65. The lowest BCUT2D eigenvalue weighted by Crippen LogP contribution is -2.41. The van der Waals surface area contributed by atoms with Crippen molar-refractivity contribution >= 4 is 5.91 Å². The second-order valence-electron chi connectivity index (χ2n) is 5.42. The van der Waals surface area contributed by atoms with Crippen molar-refractivity contribution in [2.24, 2.45) is 0 Å². The Labute approximate surface area is 128 Å². The minimum atomic E-state index is -0.0282. The maximum atomic E-state index is 11.9. The third-order valence-corrected chi connectivity index (χ3v) is 3.74.